The molecule has 4 rings (SSSR count). The summed E-state index contributed by atoms with van der Waals surface area (Å²) in [6.45, 7) is 8.35. The number of nitrogens with one attached hydrogen (secondary N) is 1. The second kappa shape index (κ2) is 11.4. The number of amides is 4. The molecule has 7 nitrogen and oxygen atoms in total. The average molecular weight is 497 g/mol. The van der Waals surface area contributed by atoms with Gasteiger partial charge < -0.3 is 9.47 Å². The molecular formula is C30H28N2O5. The van der Waals surface area contributed by atoms with Gasteiger partial charge in [-0.3, -0.25) is 14.9 Å². The number of anilines is 1. The van der Waals surface area contributed by atoms with E-state index in [-0.39, 0.29) is 5.57 Å². The summed E-state index contributed by atoms with van der Waals surface area (Å²) in [5.41, 5.74) is 3.55. The summed E-state index contributed by atoms with van der Waals surface area (Å²) in [6.07, 6.45) is 3.68. The van der Waals surface area contributed by atoms with E-state index in [1.54, 1.807) is 36.4 Å². The number of imide groups is 2. The highest BCUT2D eigenvalue weighted by Gasteiger charge is 2.36. The first-order valence-electron chi connectivity index (χ1n) is 12.0. The van der Waals surface area contributed by atoms with Crippen molar-refractivity contribution >= 4 is 29.6 Å². The first-order chi connectivity index (χ1) is 17.9. The Morgan fingerprint density at radius 1 is 0.973 bits per heavy atom. The van der Waals surface area contributed by atoms with E-state index in [0.29, 0.717) is 42.4 Å². The van der Waals surface area contributed by atoms with Crippen molar-refractivity contribution in [1.29, 1.82) is 0 Å². The van der Waals surface area contributed by atoms with Crippen molar-refractivity contribution in [1.82, 2.24) is 5.32 Å². The quantitative estimate of drug-likeness (QED) is 0.245. The number of urea groups is 1. The molecule has 1 aliphatic rings. The van der Waals surface area contributed by atoms with Crippen LogP contribution < -0.4 is 19.7 Å². The summed E-state index contributed by atoms with van der Waals surface area (Å²) in [4.78, 5) is 39.4. The fourth-order valence-electron chi connectivity index (χ4n) is 3.98. The number of hydrogen-bond donors (Lipinski definition) is 1. The fourth-order valence-corrected chi connectivity index (χ4v) is 3.98. The molecule has 3 aromatic rings. The maximum atomic E-state index is 13.3. The Morgan fingerprint density at radius 2 is 1.70 bits per heavy atom. The molecule has 0 radical (unpaired) electrons. The highest BCUT2D eigenvalue weighted by Crippen LogP contribution is 2.36. The lowest BCUT2D eigenvalue weighted by atomic mass is 10.0. The summed E-state index contributed by atoms with van der Waals surface area (Å²) in [5.74, 6) is -0.403. The third-order valence-corrected chi connectivity index (χ3v) is 5.75. The predicted molar refractivity (Wildman–Crippen MR) is 142 cm³/mol. The van der Waals surface area contributed by atoms with Crippen molar-refractivity contribution in [3.63, 3.8) is 0 Å². The normalized spacial score (nSPS) is 14.5. The minimum Gasteiger partial charge on any atom is -0.490 e. The number of ether oxygens (including phenoxy) is 2. The predicted octanol–water partition coefficient (Wildman–Crippen LogP) is 5.37. The topological polar surface area (TPSA) is 84.9 Å². The molecule has 3 aromatic carbocycles. The van der Waals surface area contributed by atoms with E-state index in [0.717, 1.165) is 21.6 Å². The number of hydrogen-bond acceptors (Lipinski definition) is 5. The largest absolute Gasteiger partial charge is 0.490 e. The first-order valence-corrected chi connectivity index (χ1v) is 12.0. The zero-order chi connectivity index (χ0) is 26.4. The Hall–Kier alpha value is -4.65. The lowest BCUT2D eigenvalue weighted by Crippen LogP contribution is -2.54. The molecule has 1 aliphatic heterocycles. The second-order valence-electron chi connectivity index (χ2n) is 8.50. The number of benzene rings is 3. The van der Waals surface area contributed by atoms with Gasteiger partial charge in [-0.1, -0.05) is 54.1 Å². The fraction of sp³-hybridized carbons (Fsp3) is 0.167. The standard InChI is InChI=1S/C30H28N2O5/c1-4-9-23-16-22(18-26(36-5-2)27(23)37-19-21-10-7-6-8-11-21)17-25-28(33)31-30(35)32(29(25)34)24-14-12-20(3)13-15-24/h4,6-8,10-18H,1,5,9,19H2,2-3H3,(H,31,33,35)/b25-17+. The van der Waals surface area contributed by atoms with E-state index in [1.165, 1.54) is 6.08 Å². The molecule has 7 heteroatoms. The van der Waals surface area contributed by atoms with Gasteiger partial charge in [0.05, 0.1) is 12.3 Å². The highest BCUT2D eigenvalue weighted by atomic mass is 16.5. The second-order valence-corrected chi connectivity index (χ2v) is 8.50. The van der Waals surface area contributed by atoms with Crippen LogP contribution >= 0.6 is 0 Å². The van der Waals surface area contributed by atoms with E-state index in [4.69, 9.17) is 9.47 Å². The maximum Gasteiger partial charge on any atom is 0.335 e. The van der Waals surface area contributed by atoms with E-state index >= 15 is 0 Å². The van der Waals surface area contributed by atoms with E-state index in [9.17, 15) is 14.4 Å². The molecule has 1 heterocycles. The molecular weight excluding hydrogens is 468 g/mol. The van der Waals surface area contributed by atoms with Gasteiger partial charge in [-0.2, -0.15) is 0 Å². The lowest BCUT2D eigenvalue weighted by Gasteiger charge is -2.26. The van der Waals surface area contributed by atoms with Crippen LogP contribution in [-0.2, 0) is 22.6 Å². The number of allylic oxidation sites excluding steroid dienone is 1. The van der Waals surface area contributed by atoms with Crippen molar-refractivity contribution in [3.8, 4) is 11.5 Å². The van der Waals surface area contributed by atoms with E-state index in [2.05, 4.69) is 11.9 Å². The number of aryl methyl sites for hydroxylation is 1. The monoisotopic (exact) mass is 496 g/mol. The summed E-state index contributed by atoms with van der Waals surface area (Å²) >= 11 is 0. The average Bonchev–Trinajstić information content (AvgIpc) is 2.88. The van der Waals surface area contributed by atoms with Crippen LogP contribution in [0.5, 0.6) is 11.5 Å². The molecule has 0 unspecified atom stereocenters. The molecule has 0 aliphatic carbocycles. The molecule has 0 spiro atoms. The van der Waals surface area contributed by atoms with Gasteiger partial charge in [-0.15, -0.1) is 6.58 Å². The van der Waals surface area contributed by atoms with Crippen molar-refractivity contribution in [2.45, 2.75) is 26.9 Å². The molecule has 0 bridgehead atoms. The van der Waals surface area contributed by atoms with Crippen molar-refractivity contribution in [2.75, 3.05) is 11.5 Å². The van der Waals surface area contributed by atoms with E-state index in [1.807, 2.05) is 50.2 Å². The van der Waals surface area contributed by atoms with Gasteiger partial charge in [0.15, 0.2) is 11.5 Å². The highest BCUT2D eigenvalue weighted by molar-refractivity contribution is 6.39. The van der Waals surface area contributed by atoms with Gasteiger partial charge in [0, 0.05) is 5.56 Å². The Morgan fingerprint density at radius 3 is 2.38 bits per heavy atom. The van der Waals surface area contributed by atoms with Gasteiger partial charge in [-0.05, 0) is 61.7 Å². The maximum absolute atomic E-state index is 13.3. The zero-order valence-electron chi connectivity index (χ0n) is 20.8. The van der Waals surface area contributed by atoms with Crippen LogP contribution in [0.15, 0.2) is 85.0 Å². The first kappa shape index (κ1) is 25.4. The van der Waals surface area contributed by atoms with Crippen molar-refractivity contribution in [2.24, 2.45) is 0 Å². The van der Waals surface area contributed by atoms with Gasteiger partial charge in [0.2, 0.25) is 0 Å². The molecule has 4 amide bonds. The molecule has 1 fully saturated rings. The number of carbonyl (C=O) groups is 3. The van der Waals surface area contributed by atoms with Gasteiger partial charge in [0.1, 0.15) is 12.2 Å². The number of nitrogens with zero attached hydrogens (tertiary/aromatic N) is 1. The third kappa shape index (κ3) is 5.78. The molecule has 1 saturated heterocycles. The SMILES string of the molecule is C=CCc1cc(/C=C2\C(=O)NC(=O)N(c3ccc(C)cc3)C2=O)cc(OCC)c1OCc1ccccc1. The Labute approximate surface area is 216 Å². The van der Waals surface area contributed by atoms with Crippen LogP contribution in [0.3, 0.4) is 0 Å². The Kier molecular flexibility index (Phi) is 7.83. The molecule has 0 atom stereocenters. The summed E-state index contributed by atoms with van der Waals surface area (Å²) < 4.78 is 12.0. The minimum atomic E-state index is -0.789. The lowest BCUT2D eigenvalue weighted by molar-refractivity contribution is -0.122. The zero-order valence-corrected chi connectivity index (χ0v) is 20.8. The van der Waals surface area contributed by atoms with E-state index < -0.39 is 17.8 Å². The Bertz CT molecular complexity index is 1360. The number of carbonyl (C=O) groups excluding carboxylic acids is 3. The van der Waals surface area contributed by atoms with Crippen molar-refractivity contribution < 1.29 is 23.9 Å². The summed E-state index contributed by atoms with van der Waals surface area (Å²) in [7, 11) is 0. The molecule has 0 saturated carbocycles. The van der Waals surface area contributed by atoms with Gasteiger partial charge in [-0.25, -0.2) is 9.69 Å². The van der Waals surface area contributed by atoms with Gasteiger partial charge >= 0.3 is 6.03 Å². The van der Waals surface area contributed by atoms with Crippen LogP contribution in [0.2, 0.25) is 0 Å². The van der Waals surface area contributed by atoms with Crippen molar-refractivity contribution in [3.05, 3.63) is 107 Å². The van der Waals surface area contributed by atoms with Crippen LogP contribution in [-0.4, -0.2) is 24.5 Å². The van der Waals surface area contributed by atoms with Gasteiger partial charge in [0.25, 0.3) is 11.8 Å². The third-order valence-electron chi connectivity index (χ3n) is 5.75. The smallest absolute Gasteiger partial charge is 0.335 e. The molecule has 188 valence electrons. The summed E-state index contributed by atoms with van der Waals surface area (Å²) in [6, 6.07) is 19.4. The summed E-state index contributed by atoms with van der Waals surface area (Å²) in [5, 5.41) is 2.26. The Balaban J connectivity index is 1.72. The number of barbiturate groups is 1. The number of rotatable bonds is 9. The van der Waals surface area contributed by atoms with Crippen LogP contribution in [0.25, 0.3) is 6.08 Å². The molecule has 1 N–H and O–H groups in total. The minimum absolute atomic E-state index is 0.162. The van der Waals surface area contributed by atoms with Crippen LogP contribution in [0.1, 0.15) is 29.2 Å². The van der Waals surface area contributed by atoms with Crippen LogP contribution in [0.4, 0.5) is 10.5 Å². The molecule has 37 heavy (non-hydrogen) atoms. The van der Waals surface area contributed by atoms with Crippen LogP contribution in [0, 0.1) is 6.92 Å². The molecule has 0 aromatic heterocycles.